The Kier molecular flexibility index (Phi) is 2.63. The summed E-state index contributed by atoms with van der Waals surface area (Å²) in [6, 6.07) is 2.01. The Balaban J connectivity index is 2.88. The van der Waals surface area contributed by atoms with Gasteiger partial charge in [-0.05, 0) is 23.4 Å². The smallest absolute Gasteiger partial charge is 0.0910 e. The van der Waals surface area contributed by atoms with Gasteiger partial charge in [-0.1, -0.05) is 6.92 Å². The van der Waals surface area contributed by atoms with Crippen molar-refractivity contribution in [1.29, 1.82) is 0 Å². The second kappa shape index (κ2) is 3.30. The SMILES string of the molecule is CCc1csc(S(C)=O)c1. The van der Waals surface area contributed by atoms with Gasteiger partial charge in [0.25, 0.3) is 0 Å². The van der Waals surface area contributed by atoms with Gasteiger partial charge < -0.3 is 0 Å². The number of thiophene rings is 1. The number of hydrogen-bond donors (Lipinski definition) is 0. The maximum atomic E-state index is 10.9. The lowest BCUT2D eigenvalue weighted by molar-refractivity contribution is 0.688. The summed E-state index contributed by atoms with van der Waals surface area (Å²) in [5.74, 6) is 0. The molecule has 1 unspecified atom stereocenters. The summed E-state index contributed by atoms with van der Waals surface area (Å²) in [4.78, 5) is 0. The van der Waals surface area contributed by atoms with Gasteiger partial charge in [-0.2, -0.15) is 0 Å². The first-order chi connectivity index (χ1) is 4.74. The van der Waals surface area contributed by atoms with E-state index in [0.717, 1.165) is 10.6 Å². The molecule has 0 aliphatic heterocycles. The van der Waals surface area contributed by atoms with E-state index in [-0.39, 0.29) is 0 Å². The van der Waals surface area contributed by atoms with Crippen LogP contribution in [-0.4, -0.2) is 10.5 Å². The summed E-state index contributed by atoms with van der Waals surface area (Å²) >= 11 is 1.58. The largest absolute Gasteiger partial charge is 0.254 e. The Hall–Kier alpha value is -0.150. The number of aryl methyl sites for hydroxylation is 1. The Bertz CT molecular complexity index is 240. The molecule has 1 atom stereocenters. The molecule has 1 aromatic rings. The van der Waals surface area contributed by atoms with E-state index < -0.39 is 10.8 Å². The van der Waals surface area contributed by atoms with Crippen molar-refractivity contribution in [3.63, 3.8) is 0 Å². The average molecular weight is 174 g/mol. The minimum atomic E-state index is -0.791. The maximum Gasteiger partial charge on any atom is 0.0910 e. The Morgan fingerprint density at radius 3 is 2.70 bits per heavy atom. The zero-order valence-corrected chi connectivity index (χ0v) is 7.72. The molecule has 1 nitrogen and oxygen atoms in total. The summed E-state index contributed by atoms with van der Waals surface area (Å²) < 4.78 is 11.9. The van der Waals surface area contributed by atoms with E-state index in [1.807, 2.05) is 6.07 Å². The highest BCUT2D eigenvalue weighted by Crippen LogP contribution is 2.17. The van der Waals surface area contributed by atoms with Crippen molar-refractivity contribution in [3.05, 3.63) is 17.0 Å². The van der Waals surface area contributed by atoms with E-state index in [4.69, 9.17) is 0 Å². The molecule has 0 aliphatic carbocycles. The van der Waals surface area contributed by atoms with Crippen LogP contribution in [0.3, 0.4) is 0 Å². The molecule has 0 spiro atoms. The highest BCUT2D eigenvalue weighted by atomic mass is 32.2. The van der Waals surface area contributed by atoms with E-state index in [1.165, 1.54) is 5.56 Å². The average Bonchev–Trinajstić information content (AvgIpc) is 2.34. The van der Waals surface area contributed by atoms with Crippen LogP contribution in [0.4, 0.5) is 0 Å². The van der Waals surface area contributed by atoms with Gasteiger partial charge in [0.05, 0.1) is 15.0 Å². The lowest BCUT2D eigenvalue weighted by Crippen LogP contribution is -1.80. The molecular formula is C7H10OS2. The standard InChI is InChI=1S/C7H10OS2/c1-3-6-4-7(9-5-6)10(2)8/h4-5H,3H2,1-2H3. The monoisotopic (exact) mass is 174 g/mol. The first-order valence-electron chi connectivity index (χ1n) is 3.15. The van der Waals surface area contributed by atoms with Gasteiger partial charge in [-0.15, -0.1) is 11.3 Å². The Morgan fingerprint density at radius 1 is 1.70 bits per heavy atom. The first-order valence-corrected chi connectivity index (χ1v) is 5.58. The van der Waals surface area contributed by atoms with Crippen LogP contribution in [0.15, 0.2) is 15.7 Å². The van der Waals surface area contributed by atoms with E-state index in [0.29, 0.717) is 0 Å². The predicted molar refractivity (Wildman–Crippen MR) is 46.0 cm³/mol. The molecule has 0 amide bonds. The van der Waals surface area contributed by atoms with Crippen molar-refractivity contribution in [2.75, 3.05) is 6.26 Å². The van der Waals surface area contributed by atoms with Gasteiger partial charge in [-0.25, -0.2) is 0 Å². The number of hydrogen-bond acceptors (Lipinski definition) is 2. The van der Waals surface area contributed by atoms with Crippen molar-refractivity contribution in [1.82, 2.24) is 0 Å². The van der Waals surface area contributed by atoms with Crippen molar-refractivity contribution in [2.45, 2.75) is 17.6 Å². The van der Waals surface area contributed by atoms with Crippen LogP contribution in [0.25, 0.3) is 0 Å². The lowest BCUT2D eigenvalue weighted by atomic mass is 10.3. The van der Waals surface area contributed by atoms with E-state index in [1.54, 1.807) is 17.6 Å². The minimum Gasteiger partial charge on any atom is -0.254 e. The minimum absolute atomic E-state index is 0.791. The Morgan fingerprint density at radius 2 is 2.40 bits per heavy atom. The topological polar surface area (TPSA) is 17.1 Å². The maximum absolute atomic E-state index is 10.9. The fraction of sp³-hybridized carbons (Fsp3) is 0.429. The molecule has 3 heteroatoms. The molecule has 1 heterocycles. The van der Waals surface area contributed by atoms with Crippen molar-refractivity contribution < 1.29 is 4.21 Å². The van der Waals surface area contributed by atoms with E-state index in [9.17, 15) is 4.21 Å². The molecule has 1 aromatic heterocycles. The molecule has 0 saturated heterocycles. The summed E-state index contributed by atoms with van der Waals surface area (Å²) in [6.07, 6.45) is 2.75. The molecule has 0 N–H and O–H groups in total. The fourth-order valence-corrected chi connectivity index (χ4v) is 2.41. The van der Waals surface area contributed by atoms with Crippen LogP contribution >= 0.6 is 11.3 Å². The van der Waals surface area contributed by atoms with Gasteiger partial charge in [0, 0.05) is 6.26 Å². The van der Waals surface area contributed by atoms with Gasteiger partial charge >= 0.3 is 0 Å². The fourth-order valence-electron chi connectivity index (χ4n) is 0.689. The van der Waals surface area contributed by atoms with Crippen LogP contribution in [0.2, 0.25) is 0 Å². The second-order valence-electron chi connectivity index (χ2n) is 2.08. The molecule has 0 saturated carbocycles. The van der Waals surface area contributed by atoms with Crippen LogP contribution in [0.1, 0.15) is 12.5 Å². The lowest BCUT2D eigenvalue weighted by Gasteiger charge is -1.84. The predicted octanol–water partition coefficient (Wildman–Crippen LogP) is 2.05. The highest BCUT2D eigenvalue weighted by molar-refractivity contribution is 7.86. The molecule has 0 aromatic carbocycles. The first kappa shape index (κ1) is 7.95. The highest BCUT2D eigenvalue weighted by Gasteiger charge is 1.99. The third-order valence-electron chi connectivity index (χ3n) is 1.32. The van der Waals surface area contributed by atoms with Gasteiger partial charge in [0.15, 0.2) is 0 Å². The van der Waals surface area contributed by atoms with Crippen LogP contribution < -0.4 is 0 Å². The second-order valence-corrected chi connectivity index (χ2v) is 4.60. The van der Waals surface area contributed by atoms with Crippen molar-refractivity contribution in [3.8, 4) is 0 Å². The zero-order valence-electron chi connectivity index (χ0n) is 6.09. The number of rotatable bonds is 2. The molecule has 10 heavy (non-hydrogen) atoms. The van der Waals surface area contributed by atoms with Crippen LogP contribution in [0, 0.1) is 0 Å². The Labute approximate surface area is 67.5 Å². The third kappa shape index (κ3) is 1.67. The van der Waals surface area contributed by atoms with Gasteiger partial charge in [0.2, 0.25) is 0 Å². The summed E-state index contributed by atoms with van der Waals surface area (Å²) in [7, 11) is -0.791. The van der Waals surface area contributed by atoms with E-state index >= 15 is 0 Å². The van der Waals surface area contributed by atoms with Crippen LogP contribution in [0.5, 0.6) is 0 Å². The van der Waals surface area contributed by atoms with Gasteiger partial charge in [-0.3, -0.25) is 4.21 Å². The molecule has 0 radical (unpaired) electrons. The summed E-state index contributed by atoms with van der Waals surface area (Å²) in [6.45, 7) is 2.10. The van der Waals surface area contributed by atoms with Crippen LogP contribution in [-0.2, 0) is 17.2 Å². The molecule has 0 fully saturated rings. The van der Waals surface area contributed by atoms with E-state index in [2.05, 4.69) is 12.3 Å². The third-order valence-corrected chi connectivity index (χ3v) is 3.77. The van der Waals surface area contributed by atoms with Gasteiger partial charge in [0.1, 0.15) is 0 Å². The van der Waals surface area contributed by atoms with Crippen molar-refractivity contribution in [2.24, 2.45) is 0 Å². The molecule has 56 valence electrons. The molecule has 0 bridgehead atoms. The quantitative estimate of drug-likeness (QED) is 0.670. The summed E-state index contributed by atoms with van der Waals surface area (Å²) in [5.41, 5.74) is 1.29. The summed E-state index contributed by atoms with van der Waals surface area (Å²) in [5, 5.41) is 2.07. The normalized spacial score (nSPS) is 13.4. The zero-order chi connectivity index (χ0) is 7.56. The molecule has 0 aliphatic rings. The van der Waals surface area contributed by atoms with Crippen molar-refractivity contribution >= 4 is 22.1 Å². The molecular weight excluding hydrogens is 164 g/mol. The molecule has 1 rings (SSSR count).